The predicted molar refractivity (Wildman–Crippen MR) is 60.0 cm³/mol. The zero-order valence-corrected chi connectivity index (χ0v) is 10.0. The smallest absolute Gasteiger partial charge is 0.203 e. The molecule has 1 atom stereocenters. The van der Waals surface area contributed by atoms with Crippen LogP contribution < -0.4 is 5.32 Å². The Bertz CT molecular complexity index is 420. The van der Waals surface area contributed by atoms with Gasteiger partial charge in [0.05, 0.1) is 19.3 Å². The Balaban J connectivity index is 1.72. The van der Waals surface area contributed by atoms with Gasteiger partial charge in [-0.2, -0.15) is 5.26 Å². The van der Waals surface area contributed by atoms with Gasteiger partial charge >= 0.3 is 0 Å². The SMILES string of the molecule is CC1(C)OCC(CNCc2ccc(C#N)o2)O1. The molecule has 0 radical (unpaired) electrons. The van der Waals surface area contributed by atoms with Crippen molar-refractivity contribution in [3.63, 3.8) is 0 Å². The molecule has 0 spiro atoms. The Morgan fingerprint density at radius 1 is 1.53 bits per heavy atom. The van der Waals surface area contributed by atoms with Crippen molar-refractivity contribution in [2.45, 2.75) is 32.3 Å². The van der Waals surface area contributed by atoms with E-state index in [1.54, 1.807) is 12.1 Å². The number of rotatable bonds is 4. The summed E-state index contributed by atoms with van der Waals surface area (Å²) in [6.07, 6.45) is 0.0652. The maximum atomic E-state index is 8.61. The van der Waals surface area contributed by atoms with Crippen LogP contribution in [0.15, 0.2) is 16.5 Å². The predicted octanol–water partition coefficient (Wildman–Crippen LogP) is 1.39. The van der Waals surface area contributed by atoms with Crippen LogP contribution >= 0.6 is 0 Å². The van der Waals surface area contributed by atoms with Crippen LogP contribution in [-0.2, 0) is 16.0 Å². The molecule has 5 nitrogen and oxygen atoms in total. The molecule has 1 fully saturated rings. The Morgan fingerprint density at radius 2 is 2.35 bits per heavy atom. The fourth-order valence-corrected chi connectivity index (χ4v) is 1.75. The van der Waals surface area contributed by atoms with Crippen LogP contribution in [0.5, 0.6) is 0 Å². The number of nitriles is 1. The minimum atomic E-state index is -0.481. The van der Waals surface area contributed by atoms with Crippen molar-refractivity contribution < 1.29 is 13.9 Å². The van der Waals surface area contributed by atoms with Crippen molar-refractivity contribution in [2.24, 2.45) is 0 Å². The molecule has 5 heteroatoms. The minimum absolute atomic E-state index is 0.0652. The molecule has 0 aliphatic carbocycles. The van der Waals surface area contributed by atoms with Gasteiger partial charge in [0.2, 0.25) is 5.76 Å². The van der Waals surface area contributed by atoms with E-state index < -0.39 is 5.79 Å². The molecule has 0 bridgehead atoms. The molecule has 92 valence electrons. The third-order valence-electron chi connectivity index (χ3n) is 2.51. The van der Waals surface area contributed by atoms with Crippen LogP contribution in [0, 0.1) is 11.3 Å². The number of hydrogen-bond donors (Lipinski definition) is 1. The molecule has 1 saturated heterocycles. The number of hydrogen-bond acceptors (Lipinski definition) is 5. The van der Waals surface area contributed by atoms with Crippen LogP contribution in [0.3, 0.4) is 0 Å². The molecular formula is C12H16N2O3. The first-order chi connectivity index (χ1) is 8.09. The van der Waals surface area contributed by atoms with Gasteiger partial charge in [-0.1, -0.05) is 0 Å². The number of nitrogens with zero attached hydrogens (tertiary/aromatic N) is 1. The molecule has 1 N–H and O–H groups in total. The van der Waals surface area contributed by atoms with E-state index in [0.29, 0.717) is 25.5 Å². The van der Waals surface area contributed by atoms with Crippen molar-refractivity contribution in [2.75, 3.05) is 13.2 Å². The average Bonchev–Trinajstić information content (AvgIpc) is 2.85. The van der Waals surface area contributed by atoms with E-state index in [2.05, 4.69) is 5.32 Å². The lowest BCUT2D eigenvalue weighted by molar-refractivity contribution is -0.137. The first-order valence-electron chi connectivity index (χ1n) is 5.60. The van der Waals surface area contributed by atoms with Crippen molar-refractivity contribution in [1.29, 1.82) is 5.26 Å². The largest absolute Gasteiger partial charge is 0.449 e. The summed E-state index contributed by atoms with van der Waals surface area (Å²) in [5.41, 5.74) is 0. The van der Waals surface area contributed by atoms with Crippen molar-refractivity contribution in [1.82, 2.24) is 5.32 Å². The molecule has 2 heterocycles. The first-order valence-corrected chi connectivity index (χ1v) is 5.60. The Kier molecular flexibility index (Phi) is 3.48. The highest BCUT2D eigenvalue weighted by atomic mass is 16.7. The van der Waals surface area contributed by atoms with Crippen LogP contribution in [0.1, 0.15) is 25.4 Å². The van der Waals surface area contributed by atoms with Gasteiger partial charge in [0.25, 0.3) is 0 Å². The summed E-state index contributed by atoms with van der Waals surface area (Å²) < 4.78 is 16.3. The van der Waals surface area contributed by atoms with E-state index in [1.165, 1.54) is 0 Å². The minimum Gasteiger partial charge on any atom is -0.449 e. The number of nitrogens with one attached hydrogen (secondary N) is 1. The third kappa shape index (κ3) is 3.30. The van der Waals surface area contributed by atoms with E-state index in [1.807, 2.05) is 19.9 Å². The van der Waals surface area contributed by atoms with Gasteiger partial charge in [-0.15, -0.1) is 0 Å². The van der Waals surface area contributed by atoms with Crippen molar-refractivity contribution in [3.05, 3.63) is 23.7 Å². The second-order valence-electron chi connectivity index (χ2n) is 4.46. The van der Waals surface area contributed by atoms with Gasteiger partial charge in [-0.3, -0.25) is 0 Å². The summed E-state index contributed by atoms with van der Waals surface area (Å²) in [6, 6.07) is 5.41. The van der Waals surface area contributed by atoms with Crippen molar-refractivity contribution >= 4 is 0 Å². The first kappa shape index (κ1) is 12.1. The standard InChI is InChI=1S/C12H16N2O3/c1-12(2)15-8-11(17-12)7-14-6-10-4-3-9(5-13)16-10/h3-4,11,14H,6-8H2,1-2H3. The Morgan fingerprint density at radius 3 is 2.94 bits per heavy atom. The molecule has 1 unspecified atom stereocenters. The van der Waals surface area contributed by atoms with Crippen LogP contribution in [-0.4, -0.2) is 25.0 Å². The summed E-state index contributed by atoms with van der Waals surface area (Å²) >= 11 is 0. The van der Waals surface area contributed by atoms with E-state index in [4.69, 9.17) is 19.2 Å². The fraction of sp³-hybridized carbons (Fsp3) is 0.583. The molecule has 2 rings (SSSR count). The molecule has 1 aromatic heterocycles. The van der Waals surface area contributed by atoms with E-state index in [9.17, 15) is 0 Å². The summed E-state index contributed by atoms with van der Waals surface area (Å²) in [5, 5.41) is 11.8. The van der Waals surface area contributed by atoms with Crippen molar-refractivity contribution in [3.8, 4) is 6.07 Å². The van der Waals surface area contributed by atoms with Gasteiger partial charge in [-0.05, 0) is 26.0 Å². The van der Waals surface area contributed by atoms with Gasteiger partial charge in [0, 0.05) is 6.54 Å². The zero-order valence-electron chi connectivity index (χ0n) is 10.0. The quantitative estimate of drug-likeness (QED) is 0.855. The summed E-state index contributed by atoms with van der Waals surface area (Å²) in [5.74, 6) is 0.605. The van der Waals surface area contributed by atoms with Crippen LogP contribution in [0.25, 0.3) is 0 Å². The Hall–Kier alpha value is -1.35. The topological polar surface area (TPSA) is 67.4 Å². The number of furan rings is 1. The van der Waals surface area contributed by atoms with E-state index >= 15 is 0 Å². The molecule has 0 aromatic carbocycles. The highest BCUT2D eigenvalue weighted by Crippen LogP contribution is 2.21. The van der Waals surface area contributed by atoms with Gasteiger partial charge in [-0.25, -0.2) is 0 Å². The van der Waals surface area contributed by atoms with Crippen LogP contribution in [0.4, 0.5) is 0 Å². The lowest BCUT2D eigenvalue weighted by atomic mass is 10.3. The highest BCUT2D eigenvalue weighted by molar-refractivity contribution is 5.18. The lowest BCUT2D eigenvalue weighted by Gasteiger charge is -2.17. The average molecular weight is 236 g/mol. The molecule has 17 heavy (non-hydrogen) atoms. The van der Waals surface area contributed by atoms with Gasteiger partial charge in [0.15, 0.2) is 5.79 Å². The molecule has 0 saturated carbocycles. The van der Waals surface area contributed by atoms with Gasteiger partial charge in [0.1, 0.15) is 11.8 Å². The second kappa shape index (κ2) is 4.88. The summed E-state index contributed by atoms with van der Waals surface area (Å²) in [4.78, 5) is 0. The van der Waals surface area contributed by atoms with Crippen LogP contribution in [0.2, 0.25) is 0 Å². The molecule has 0 amide bonds. The Labute approximate surface area is 100 Å². The lowest BCUT2D eigenvalue weighted by Crippen LogP contribution is -2.30. The maximum absolute atomic E-state index is 8.61. The third-order valence-corrected chi connectivity index (χ3v) is 2.51. The number of ether oxygens (including phenoxy) is 2. The van der Waals surface area contributed by atoms with E-state index in [-0.39, 0.29) is 6.10 Å². The highest BCUT2D eigenvalue weighted by Gasteiger charge is 2.32. The molecular weight excluding hydrogens is 220 g/mol. The zero-order chi connectivity index (χ0) is 12.3. The molecule has 1 aliphatic rings. The molecule has 1 aromatic rings. The van der Waals surface area contributed by atoms with E-state index in [0.717, 1.165) is 5.76 Å². The summed E-state index contributed by atoms with van der Waals surface area (Å²) in [7, 11) is 0. The maximum Gasteiger partial charge on any atom is 0.203 e. The fourth-order valence-electron chi connectivity index (χ4n) is 1.75. The van der Waals surface area contributed by atoms with Gasteiger partial charge < -0.3 is 19.2 Å². The monoisotopic (exact) mass is 236 g/mol. The summed E-state index contributed by atoms with van der Waals surface area (Å²) in [6.45, 7) is 5.69. The molecule has 1 aliphatic heterocycles. The normalized spacial score (nSPS) is 22.5. The second-order valence-corrected chi connectivity index (χ2v) is 4.46.